The fourth-order valence-electron chi connectivity index (χ4n) is 1.70. The van der Waals surface area contributed by atoms with E-state index in [1.165, 1.54) is 6.42 Å². The van der Waals surface area contributed by atoms with Gasteiger partial charge in [-0.2, -0.15) is 0 Å². The van der Waals surface area contributed by atoms with E-state index in [9.17, 15) is 0 Å². The van der Waals surface area contributed by atoms with E-state index in [1.807, 2.05) is 41.5 Å². The second-order valence-electron chi connectivity index (χ2n) is 11.3. The van der Waals surface area contributed by atoms with Crippen LogP contribution in [0.2, 0.25) is 0 Å². The molecule has 0 unspecified atom stereocenters. The Morgan fingerprint density at radius 2 is 0.583 bits per heavy atom. The quantitative estimate of drug-likeness (QED) is 0.184. The average Bonchev–Trinajstić information content (AvgIpc) is 2.49. The molecule has 0 aromatic heterocycles. The van der Waals surface area contributed by atoms with E-state index >= 15 is 0 Å². The molecule has 0 saturated carbocycles. The zero-order valence-electron chi connectivity index (χ0n) is 22.1. The predicted molar refractivity (Wildman–Crippen MR) is 164 cm³/mol. The Kier molecular flexibility index (Phi) is 43.3. The van der Waals surface area contributed by atoms with E-state index in [2.05, 4.69) is 41.5 Å². The SMILES string of the molecule is C.C.C.C.C.C.CC(C)(C)OCCCCCOC(C)(C)C.CC(C)(C)OCOCOCOC(C)(C)C. The first-order valence-corrected chi connectivity index (χ1v) is 11.1. The van der Waals surface area contributed by atoms with E-state index in [1.54, 1.807) is 0 Å². The highest BCUT2D eigenvalue weighted by atomic mass is 16.8. The molecule has 0 amide bonds. The van der Waals surface area contributed by atoms with Crippen LogP contribution in [0, 0.1) is 0 Å². The molecule has 6 nitrogen and oxygen atoms in total. The van der Waals surface area contributed by atoms with Gasteiger partial charge in [-0.15, -0.1) is 0 Å². The minimum Gasteiger partial charge on any atom is -0.376 e. The number of rotatable bonds is 12. The van der Waals surface area contributed by atoms with Crippen LogP contribution < -0.4 is 0 Å². The largest absolute Gasteiger partial charge is 0.376 e. The molecule has 0 aromatic rings. The molecule has 0 atom stereocenters. The van der Waals surface area contributed by atoms with E-state index in [0.717, 1.165) is 26.1 Å². The molecule has 0 aromatic carbocycles. The van der Waals surface area contributed by atoms with Crippen molar-refractivity contribution < 1.29 is 28.4 Å². The number of ether oxygens (including phenoxy) is 6. The topological polar surface area (TPSA) is 55.4 Å². The van der Waals surface area contributed by atoms with E-state index in [-0.39, 0.29) is 87.3 Å². The van der Waals surface area contributed by atoms with Crippen LogP contribution in [0.1, 0.15) is 147 Å². The Labute approximate surface area is 231 Å². The average molecular weight is 533 g/mol. The van der Waals surface area contributed by atoms with Crippen LogP contribution in [0.4, 0.5) is 0 Å². The molecule has 0 aliphatic carbocycles. The third kappa shape index (κ3) is 64.2. The Morgan fingerprint density at radius 1 is 0.333 bits per heavy atom. The van der Waals surface area contributed by atoms with Crippen molar-refractivity contribution in [1.29, 1.82) is 0 Å². The van der Waals surface area contributed by atoms with Crippen LogP contribution in [0.3, 0.4) is 0 Å². The Balaban J connectivity index is -0.0000000622. The van der Waals surface area contributed by atoms with Gasteiger partial charge in [0.05, 0.1) is 22.4 Å². The van der Waals surface area contributed by atoms with Crippen LogP contribution in [0.5, 0.6) is 0 Å². The van der Waals surface area contributed by atoms with Gasteiger partial charge < -0.3 is 28.4 Å². The van der Waals surface area contributed by atoms with Crippen molar-refractivity contribution in [2.24, 2.45) is 0 Å². The zero-order valence-corrected chi connectivity index (χ0v) is 22.1. The Hall–Kier alpha value is -0.240. The predicted octanol–water partition coefficient (Wildman–Crippen LogP) is 10.1. The van der Waals surface area contributed by atoms with Gasteiger partial charge in [0.2, 0.25) is 0 Å². The summed E-state index contributed by atoms with van der Waals surface area (Å²) in [5.41, 5.74) is -0.354. The van der Waals surface area contributed by atoms with Crippen LogP contribution in [-0.2, 0) is 28.4 Å². The molecule has 36 heavy (non-hydrogen) atoms. The summed E-state index contributed by atoms with van der Waals surface area (Å²) in [6, 6.07) is 0. The van der Waals surface area contributed by atoms with Gasteiger partial charge in [0.15, 0.2) is 6.79 Å². The highest BCUT2D eigenvalue weighted by Crippen LogP contribution is 2.11. The molecule has 0 N–H and O–H groups in total. The summed E-state index contributed by atoms with van der Waals surface area (Å²) < 4.78 is 32.1. The maximum absolute atomic E-state index is 5.64. The van der Waals surface area contributed by atoms with Gasteiger partial charge in [-0.3, -0.25) is 0 Å². The maximum atomic E-state index is 5.64. The Bertz CT molecular complexity index is 310. The number of hydrogen-bond acceptors (Lipinski definition) is 6. The van der Waals surface area contributed by atoms with Crippen LogP contribution in [-0.4, -0.2) is 56.0 Å². The molecule has 0 saturated heterocycles. The standard InChI is InChI=1S/C13H28O2.C11H24O4.6CH4/c1-12(2,3)14-10-8-7-9-11-15-13(4,5)6;1-10(2,3)14-8-12-7-13-9-15-11(4,5)6;;;;;;/h7-11H2,1-6H3;7-9H2,1-6H3;6*1H4. The summed E-state index contributed by atoms with van der Waals surface area (Å²) in [6.07, 6.45) is 3.45. The minimum absolute atomic E-state index is 0. The number of unbranched alkanes of at least 4 members (excludes halogenated alkanes) is 2. The first kappa shape index (κ1) is 56.1. The van der Waals surface area contributed by atoms with Gasteiger partial charge in [0.1, 0.15) is 13.6 Å². The number of hydrogen-bond donors (Lipinski definition) is 0. The van der Waals surface area contributed by atoms with Crippen LogP contribution in [0.25, 0.3) is 0 Å². The molecule has 6 heteroatoms. The molecule has 0 rings (SSSR count). The Morgan fingerprint density at radius 3 is 0.806 bits per heavy atom. The summed E-state index contributed by atoms with van der Waals surface area (Å²) in [6.45, 7) is 26.8. The van der Waals surface area contributed by atoms with Crippen molar-refractivity contribution in [3.63, 3.8) is 0 Å². The molecule has 0 aliphatic rings. The molecule has 0 radical (unpaired) electrons. The normalized spacial score (nSPS) is 11.0. The smallest absolute Gasteiger partial charge is 0.152 e. The van der Waals surface area contributed by atoms with Crippen molar-refractivity contribution >= 4 is 0 Å². The zero-order chi connectivity index (χ0) is 23.9. The van der Waals surface area contributed by atoms with Crippen LogP contribution >= 0.6 is 0 Å². The van der Waals surface area contributed by atoms with Gasteiger partial charge >= 0.3 is 0 Å². The summed E-state index contributed by atoms with van der Waals surface area (Å²) in [5, 5.41) is 0. The molecule has 0 bridgehead atoms. The van der Waals surface area contributed by atoms with Gasteiger partial charge in [0.25, 0.3) is 0 Å². The summed E-state index contributed by atoms with van der Waals surface area (Å²) in [4.78, 5) is 0. The molecule has 0 fully saturated rings. The van der Waals surface area contributed by atoms with Gasteiger partial charge in [-0.1, -0.05) is 44.6 Å². The lowest BCUT2D eigenvalue weighted by Gasteiger charge is -2.20. The first-order chi connectivity index (χ1) is 13.4. The lowest BCUT2D eigenvalue weighted by atomic mass is 10.2. The third-order valence-corrected chi connectivity index (χ3v) is 3.18. The highest BCUT2D eigenvalue weighted by Gasteiger charge is 2.11. The first-order valence-electron chi connectivity index (χ1n) is 11.1. The van der Waals surface area contributed by atoms with Gasteiger partial charge in [0, 0.05) is 13.2 Å². The third-order valence-electron chi connectivity index (χ3n) is 3.18. The molecule has 232 valence electrons. The van der Waals surface area contributed by atoms with E-state index in [0.29, 0.717) is 0 Å². The van der Waals surface area contributed by atoms with Crippen molar-refractivity contribution in [2.75, 3.05) is 33.6 Å². The molecular formula is C30H76O6. The van der Waals surface area contributed by atoms with Crippen molar-refractivity contribution in [2.45, 2.75) is 169 Å². The monoisotopic (exact) mass is 533 g/mol. The van der Waals surface area contributed by atoms with E-state index < -0.39 is 0 Å². The molecule has 0 heterocycles. The summed E-state index contributed by atoms with van der Waals surface area (Å²) >= 11 is 0. The fraction of sp³-hybridized carbons (Fsp3) is 1.00. The second-order valence-corrected chi connectivity index (χ2v) is 11.3. The second kappa shape index (κ2) is 27.8. The summed E-state index contributed by atoms with van der Waals surface area (Å²) in [7, 11) is 0. The molecular weight excluding hydrogens is 456 g/mol. The van der Waals surface area contributed by atoms with Crippen molar-refractivity contribution in [1.82, 2.24) is 0 Å². The van der Waals surface area contributed by atoms with Gasteiger partial charge in [-0.05, 0) is 102 Å². The fourth-order valence-corrected chi connectivity index (χ4v) is 1.70. The minimum atomic E-state index is -0.179. The van der Waals surface area contributed by atoms with Crippen molar-refractivity contribution in [3.8, 4) is 0 Å². The van der Waals surface area contributed by atoms with E-state index in [4.69, 9.17) is 28.4 Å². The van der Waals surface area contributed by atoms with Crippen LogP contribution in [0.15, 0.2) is 0 Å². The highest BCUT2D eigenvalue weighted by molar-refractivity contribution is 4.60. The summed E-state index contributed by atoms with van der Waals surface area (Å²) in [5.74, 6) is 0. The van der Waals surface area contributed by atoms with Crippen molar-refractivity contribution in [3.05, 3.63) is 0 Å². The lowest BCUT2D eigenvalue weighted by molar-refractivity contribution is -0.206. The molecule has 0 aliphatic heterocycles. The van der Waals surface area contributed by atoms with Gasteiger partial charge in [-0.25, -0.2) is 0 Å². The lowest BCUT2D eigenvalue weighted by Crippen LogP contribution is -2.23. The molecule has 0 spiro atoms. The maximum Gasteiger partial charge on any atom is 0.152 e.